The standard InChI is InChI=1S/C20H22N4O3/c1-14(25)22-17-6-4-5-15(13-17)19(26)23-16-8-11-24(12-9-16)20(27)18-7-2-3-10-21-18/h2-7,10,13,16H,8-9,11-12H2,1H3,(H,22,25)(H,23,26). The van der Waals surface area contributed by atoms with Crippen molar-refractivity contribution in [2.45, 2.75) is 25.8 Å². The Bertz CT molecular complexity index is 830. The Labute approximate surface area is 157 Å². The molecule has 0 atom stereocenters. The van der Waals surface area contributed by atoms with Gasteiger partial charge >= 0.3 is 0 Å². The number of rotatable bonds is 4. The molecule has 0 spiro atoms. The highest BCUT2D eigenvalue weighted by Gasteiger charge is 2.25. The number of nitrogens with zero attached hydrogens (tertiary/aromatic N) is 2. The van der Waals surface area contributed by atoms with Crippen molar-refractivity contribution < 1.29 is 14.4 Å². The molecule has 2 aromatic rings. The summed E-state index contributed by atoms with van der Waals surface area (Å²) in [5.41, 5.74) is 1.52. The van der Waals surface area contributed by atoms with Crippen LogP contribution < -0.4 is 10.6 Å². The van der Waals surface area contributed by atoms with Crippen LogP contribution in [0.15, 0.2) is 48.7 Å². The van der Waals surface area contributed by atoms with Crippen molar-refractivity contribution in [2.75, 3.05) is 18.4 Å². The number of anilines is 1. The first-order valence-corrected chi connectivity index (χ1v) is 8.92. The third-order valence-corrected chi connectivity index (χ3v) is 4.45. The predicted octanol–water partition coefficient (Wildman–Crippen LogP) is 2.07. The van der Waals surface area contributed by atoms with Crippen LogP contribution >= 0.6 is 0 Å². The van der Waals surface area contributed by atoms with Crippen LogP contribution in [0.5, 0.6) is 0 Å². The fourth-order valence-electron chi connectivity index (χ4n) is 3.09. The summed E-state index contributed by atoms with van der Waals surface area (Å²) >= 11 is 0. The topological polar surface area (TPSA) is 91.4 Å². The Morgan fingerprint density at radius 1 is 1.07 bits per heavy atom. The molecule has 0 bridgehead atoms. The average molecular weight is 366 g/mol. The lowest BCUT2D eigenvalue weighted by Crippen LogP contribution is -2.46. The smallest absolute Gasteiger partial charge is 0.272 e. The van der Waals surface area contributed by atoms with Crippen molar-refractivity contribution in [3.8, 4) is 0 Å². The summed E-state index contributed by atoms with van der Waals surface area (Å²) in [6.07, 6.45) is 2.99. The van der Waals surface area contributed by atoms with E-state index in [2.05, 4.69) is 15.6 Å². The van der Waals surface area contributed by atoms with Gasteiger partial charge in [-0.3, -0.25) is 19.4 Å². The van der Waals surface area contributed by atoms with Crippen LogP contribution in [0.1, 0.15) is 40.6 Å². The molecule has 27 heavy (non-hydrogen) atoms. The molecule has 7 nitrogen and oxygen atoms in total. The maximum atomic E-state index is 12.5. The largest absolute Gasteiger partial charge is 0.349 e. The Morgan fingerprint density at radius 2 is 1.85 bits per heavy atom. The third kappa shape index (κ3) is 4.91. The first kappa shape index (κ1) is 18.6. The van der Waals surface area contributed by atoms with Crippen LogP contribution in [0, 0.1) is 0 Å². The van der Waals surface area contributed by atoms with E-state index < -0.39 is 0 Å². The molecule has 0 saturated carbocycles. The number of amides is 3. The Kier molecular flexibility index (Phi) is 5.80. The van der Waals surface area contributed by atoms with Crippen molar-refractivity contribution in [1.82, 2.24) is 15.2 Å². The van der Waals surface area contributed by atoms with E-state index in [0.29, 0.717) is 42.9 Å². The van der Waals surface area contributed by atoms with Gasteiger partial charge in [-0.05, 0) is 43.2 Å². The number of benzene rings is 1. The van der Waals surface area contributed by atoms with Crippen LogP contribution in [0.25, 0.3) is 0 Å². The van der Waals surface area contributed by atoms with Gasteiger partial charge in [0.2, 0.25) is 5.91 Å². The summed E-state index contributed by atoms with van der Waals surface area (Å²) in [6.45, 7) is 2.57. The second-order valence-corrected chi connectivity index (χ2v) is 6.52. The zero-order chi connectivity index (χ0) is 19.2. The van der Waals surface area contributed by atoms with E-state index in [4.69, 9.17) is 0 Å². The van der Waals surface area contributed by atoms with Gasteiger partial charge < -0.3 is 15.5 Å². The molecule has 7 heteroatoms. The number of pyridine rings is 1. The minimum absolute atomic E-state index is 0.00899. The number of hydrogen-bond donors (Lipinski definition) is 2. The van der Waals surface area contributed by atoms with Crippen molar-refractivity contribution in [2.24, 2.45) is 0 Å². The van der Waals surface area contributed by atoms with Crippen LogP contribution in [0.2, 0.25) is 0 Å². The summed E-state index contributed by atoms with van der Waals surface area (Å²) in [7, 11) is 0. The van der Waals surface area contributed by atoms with Gasteiger partial charge in [0.05, 0.1) is 0 Å². The van der Waals surface area contributed by atoms with E-state index in [9.17, 15) is 14.4 Å². The quantitative estimate of drug-likeness (QED) is 0.867. The highest BCUT2D eigenvalue weighted by Crippen LogP contribution is 2.15. The predicted molar refractivity (Wildman–Crippen MR) is 101 cm³/mol. The Morgan fingerprint density at radius 3 is 2.52 bits per heavy atom. The zero-order valence-corrected chi connectivity index (χ0v) is 15.1. The van der Waals surface area contributed by atoms with Gasteiger partial charge in [-0.2, -0.15) is 0 Å². The Balaban J connectivity index is 1.54. The lowest BCUT2D eigenvalue weighted by atomic mass is 10.0. The SMILES string of the molecule is CC(=O)Nc1cccc(C(=O)NC2CCN(C(=O)c3ccccn3)CC2)c1. The summed E-state index contributed by atoms with van der Waals surface area (Å²) < 4.78 is 0. The van der Waals surface area contributed by atoms with E-state index in [-0.39, 0.29) is 23.8 Å². The molecule has 1 aliphatic heterocycles. The molecule has 0 aliphatic carbocycles. The van der Waals surface area contributed by atoms with E-state index in [0.717, 1.165) is 0 Å². The summed E-state index contributed by atoms with van der Waals surface area (Å²) in [6, 6.07) is 12.1. The fourth-order valence-corrected chi connectivity index (χ4v) is 3.09. The maximum Gasteiger partial charge on any atom is 0.272 e. The molecule has 1 aliphatic rings. The number of likely N-dealkylation sites (tertiary alicyclic amines) is 1. The van der Waals surface area contributed by atoms with Crippen LogP contribution in [-0.4, -0.2) is 46.7 Å². The summed E-state index contributed by atoms with van der Waals surface area (Å²) in [5, 5.41) is 5.68. The van der Waals surface area contributed by atoms with Crippen LogP contribution in [0.4, 0.5) is 5.69 Å². The number of hydrogen-bond acceptors (Lipinski definition) is 4. The number of aromatic nitrogens is 1. The minimum Gasteiger partial charge on any atom is -0.349 e. The van der Waals surface area contributed by atoms with Crippen LogP contribution in [-0.2, 0) is 4.79 Å². The second kappa shape index (κ2) is 8.44. The van der Waals surface area contributed by atoms with E-state index in [1.165, 1.54) is 6.92 Å². The van der Waals surface area contributed by atoms with Crippen molar-refractivity contribution >= 4 is 23.4 Å². The third-order valence-electron chi connectivity index (χ3n) is 4.45. The molecule has 1 aromatic heterocycles. The fraction of sp³-hybridized carbons (Fsp3) is 0.300. The van der Waals surface area contributed by atoms with E-state index in [1.807, 2.05) is 0 Å². The summed E-state index contributed by atoms with van der Waals surface area (Å²) in [4.78, 5) is 41.9. The molecule has 3 amide bonds. The average Bonchev–Trinajstić information content (AvgIpc) is 2.68. The van der Waals surface area contributed by atoms with Gasteiger partial charge in [0.25, 0.3) is 11.8 Å². The lowest BCUT2D eigenvalue weighted by Gasteiger charge is -2.32. The number of piperidine rings is 1. The van der Waals surface area contributed by atoms with Crippen molar-refractivity contribution in [1.29, 1.82) is 0 Å². The van der Waals surface area contributed by atoms with E-state index in [1.54, 1.807) is 53.6 Å². The van der Waals surface area contributed by atoms with Gasteiger partial charge in [0.1, 0.15) is 5.69 Å². The zero-order valence-electron chi connectivity index (χ0n) is 15.1. The Hall–Kier alpha value is -3.22. The molecule has 3 rings (SSSR count). The number of carbonyl (C=O) groups excluding carboxylic acids is 3. The van der Waals surface area contributed by atoms with Gasteiger partial charge in [0.15, 0.2) is 0 Å². The monoisotopic (exact) mass is 366 g/mol. The molecule has 0 radical (unpaired) electrons. The molecule has 2 heterocycles. The lowest BCUT2D eigenvalue weighted by molar-refractivity contribution is -0.114. The first-order chi connectivity index (χ1) is 13.0. The molecule has 1 aromatic carbocycles. The molecule has 140 valence electrons. The molecule has 0 unspecified atom stereocenters. The molecule has 1 saturated heterocycles. The highest BCUT2D eigenvalue weighted by molar-refractivity contribution is 5.97. The van der Waals surface area contributed by atoms with Gasteiger partial charge in [0, 0.05) is 43.5 Å². The first-order valence-electron chi connectivity index (χ1n) is 8.92. The highest BCUT2D eigenvalue weighted by atomic mass is 16.2. The van der Waals surface area contributed by atoms with Gasteiger partial charge in [-0.15, -0.1) is 0 Å². The van der Waals surface area contributed by atoms with Crippen molar-refractivity contribution in [3.05, 3.63) is 59.9 Å². The molecular formula is C20H22N4O3. The number of carbonyl (C=O) groups is 3. The van der Waals surface area contributed by atoms with Gasteiger partial charge in [-0.1, -0.05) is 12.1 Å². The second-order valence-electron chi connectivity index (χ2n) is 6.52. The normalized spacial score (nSPS) is 14.5. The molecule has 2 N–H and O–H groups in total. The van der Waals surface area contributed by atoms with E-state index >= 15 is 0 Å². The van der Waals surface area contributed by atoms with Gasteiger partial charge in [-0.25, -0.2) is 0 Å². The molecule has 1 fully saturated rings. The van der Waals surface area contributed by atoms with Crippen LogP contribution in [0.3, 0.4) is 0 Å². The molecular weight excluding hydrogens is 344 g/mol. The maximum absolute atomic E-state index is 12.5. The number of nitrogens with one attached hydrogen (secondary N) is 2. The summed E-state index contributed by atoms with van der Waals surface area (Å²) in [5.74, 6) is -0.447. The van der Waals surface area contributed by atoms with Crippen molar-refractivity contribution in [3.63, 3.8) is 0 Å². The minimum atomic E-state index is -0.184.